The van der Waals surface area contributed by atoms with Gasteiger partial charge in [0, 0.05) is 12.6 Å². The van der Waals surface area contributed by atoms with Crippen LogP contribution in [0.4, 0.5) is 20.2 Å². The van der Waals surface area contributed by atoms with Gasteiger partial charge in [-0.05, 0) is 35.2 Å². The third-order valence-electron chi connectivity index (χ3n) is 3.92. The van der Waals surface area contributed by atoms with E-state index in [9.17, 15) is 18.4 Å². The summed E-state index contributed by atoms with van der Waals surface area (Å²) in [5, 5.41) is 2.64. The number of carbonyl (C=O) groups excluding carboxylic acids is 2. The summed E-state index contributed by atoms with van der Waals surface area (Å²) in [5.74, 6) is -2.98. The van der Waals surface area contributed by atoms with Crippen LogP contribution in [-0.2, 0) is 15.0 Å². The van der Waals surface area contributed by atoms with E-state index in [4.69, 9.17) is 0 Å². The molecule has 26 heavy (non-hydrogen) atoms. The fourth-order valence-electron chi connectivity index (χ4n) is 2.49. The van der Waals surface area contributed by atoms with Crippen molar-refractivity contribution in [3.63, 3.8) is 0 Å². The van der Waals surface area contributed by atoms with Gasteiger partial charge >= 0.3 is 0 Å². The van der Waals surface area contributed by atoms with Crippen molar-refractivity contribution >= 4 is 23.2 Å². The minimum Gasteiger partial charge on any atom is -0.325 e. The number of nitrogens with one attached hydrogen (secondary N) is 1. The highest BCUT2D eigenvalue weighted by Crippen LogP contribution is 2.25. The molecule has 0 heterocycles. The van der Waals surface area contributed by atoms with Crippen molar-refractivity contribution in [2.45, 2.75) is 33.1 Å². The number of anilines is 2. The van der Waals surface area contributed by atoms with Crippen LogP contribution >= 0.6 is 0 Å². The maximum absolute atomic E-state index is 13.9. The Hall–Kier alpha value is -2.76. The molecule has 6 heteroatoms. The van der Waals surface area contributed by atoms with Crippen LogP contribution in [0.3, 0.4) is 0 Å². The minimum absolute atomic E-state index is 0.0175. The molecule has 2 rings (SSSR count). The second-order valence-corrected chi connectivity index (χ2v) is 7.05. The van der Waals surface area contributed by atoms with E-state index in [1.807, 2.05) is 12.1 Å². The van der Waals surface area contributed by atoms with Crippen molar-refractivity contribution in [2.24, 2.45) is 0 Å². The molecule has 2 amide bonds. The Labute approximate surface area is 151 Å². The summed E-state index contributed by atoms with van der Waals surface area (Å²) in [6.07, 6.45) is 0. The largest absolute Gasteiger partial charge is 0.325 e. The first-order chi connectivity index (χ1) is 12.1. The van der Waals surface area contributed by atoms with E-state index >= 15 is 0 Å². The molecule has 0 unspecified atom stereocenters. The smallest absolute Gasteiger partial charge is 0.244 e. The first-order valence-corrected chi connectivity index (χ1v) is 8.22. The molecule has 2 aromatic carbocycles. The summed E-state index contributed by atoms with van der Waals surface area (Å²) >= 11 is 0. The van der Waals surface area contributed by atoms with Crippen molar-refractivity contribution in [1.29, 1.82) is 0 Å². The van der Waals surface area contributed by atoms with Crippen molar-refractivity contribution in [3.05, 3.63) is 59.7 Å². The van der Waals surface area contributed by atoms with Crippen molar-refractivity contribution in [1.82, 2.24) is 0 Å². The summed E-state index contributed by atoms with van der Waals surface area (Å²) in [4.78, 5) is 24.8. The molecule has 0 aliphatic carbocycles. The van der Waals surface area contributed by atoms with Gasteiger partial charge in [0.15, 0.2) is 0 Å². The Kier molecular flexibility index (Phi) is 5.75. The molecule has 0 fully saturated rings. The lowest BCUT2D eigenvalue weighted by atomic mass is 9.87. The number of para-hydroxylation sites is 1. The molecular weight excluding hydrogens is 338 g/mol. The fraction of sp³-hybridized carbons (Fsp3) is 0.300. The normalized spacial score (nSPS) is 11.2. The van der Waals surface area contributed by atoms with Gasteiger partial charge in [0.25, 0.3) is 0 Å². The molecule has 2 aromatic rings. The summed E-state index contributed by atoms with van der Waals surface area (Å²) in [6.45, 7) is 6.89. The fourth-order valence-corrected chi connectivity index (χ4v) is 2.49. The molecule has 0 spiro atoms. The Balaban J connectivity index is 2.15. The second-order valence-electron chi connectivity index (χ2n) is 7.05. The predicted octanol–water partition coefficient (Wildman–Crippen LogP) is 4.25. The summed E-state index contributed by atoms with van der Waals surface area (Å²) in [6, 6.07) is 10.6. The van der Waals surface area contributed by atoms with Crippen LogP contribution in [0.5, 0.6) is 0 Å². The molecule has 0 aromatic heterocycles. The maximum Gasteiger partial charge on any atom is 0.244 e. The molecule has 1 N–H and O–H groups in total. The molecular formula is C20H22F2N2O2. The topological polar surface area (TPSA) is 49.4 Å². The number of rotatable bonds is 4. The van der Waals surface area contributed by atoms with E-state index in [0.717, 1.165) is 29.5 Å². The van der Waals surface area contributed by atoms with Crippen LogP contribution < -0.4 is 10.2 Å². The van der Waals surface area contributed by atoms with Crippen LogP contribution in [0.2, 0.25) is 0 Å². The number of carbonyl (C=O) groups is 2. The molecule has 0 aliphatic rings. The van der Waals surface area contributed by atoms with Crippen LogP contribution in [-0.4, -0.2) is 18.4 Å². The molecule has 0 saturated heterocycles. The number of halogens is 2. The standard InChI is InChI=1S/C20H22F2N2O2/c1-13(25)24(19-16(21)6-5-7-17(19)22)12-18(26)23-15-10-8-14(9-11-15)20(2,3)4/h5-11H,12H2,1-4H3,(H,23,26). The average molecular weight is 360 g/mol. The van der Waals surface area contributed by atoms with E-state index < -0.39 is 35.7 Å². The lowest BCUT2D eigenvalue weighted by Crippen LogP contribution is -2.37. The van der Waals surface area contributed by atoms with E-state index in [2.05, 4.69) is 26.1 Å². The lowest BCUT2D eigenvalue weighted by Gasteiger charge is -2.22. The third-order valence-corrected chi connectivity index (χ3v) is 3.92. The Morgan fingerprint density at radius 3 is 2.00 bits per heavy atom. The van der Waals surface area contributed by atoms with E-state index in [1.54, 1.807) is 12.1 Å². The summed E-state index contributed by atoms with van der Waals surface area (Å²) < 4.78 is 27.9. The van der Waals surface area contributed by atoms with Crippen LogP contribution in [0.25, 0.3) is 0 Å². The van der Waals surface area contributed by atoms with Gasteiger partial charge in [0.05, 0.1) is 0 Å². The molecule has 0 atom stereocenters. The lowest BCUT2D eigenvalue weighted by molar-refractivity contribution is -0.120. The van der Waals surface area contributed by atoms with Gasteiger partial charge in [-0.1, -0.05) is 39.0 Å². The van der Waals surface area contributed by atoms with Gasteiger partial charge in [0.2, 0.25) is 11.8 Å². The SMILES string of the molecule is CC(=O)N(CC(=O)Nc1ccc(C(C)(C)C)cc1)c1c(F)cccc1F. The molecule has 0 radical (unpaired) electrons. The third kappa shape index (κ3) is 4.65. The van der Waals surface area contributed by atoms with Gasteiger partial charge in [-0.15, -0.1) is 0 Å². The monoisotopic (exact) mass is 360 g/mol. The zero-order valence-corrected chi connectivity index (χ0v) is 15.3. The van der Waals surface area contributed by atoms with Crippen molar-refractivity contribution < 1.29 is 18.4 Å². The summed E-state index contributed by atoms with van der Waals surface area (Å²) in [5.41, 5.74) is 1.10. The average Bonchev–Trinajstić information content (AvgIpc) is 2.53. The van der Waals surface area contributed by atoms with E-state index in [1.165, 1.54) is 6.07 Å². The number of hydrogen-bond acceptors (Lipinski definition) is 2. The predicted molar refractivity (Wildman–Crippen MR) is 98.2 cm³/mol. The van der Waals surface area contributed by atoms with Crippen LogP contribution in [0.15, 0.2) is 42.5 Å². The quantitative estimate of drug-likeness (QED) is 0.886. The van der Waals surface area contributed by atoms with Crippen LogP contribution in [0.1, 0.15) is 33.3 Å². The number of hydrogen-bond donors (Lipinski definition) is 1. The molecule has 0 saturated carbocycles. The van der Waals surface area contributed by atoms with Gasteiger partial charge in [0.1, 0.15) is 23.9 Å². The Morgan fingerprint density at radius 1 is 1.00 bits per heavy atom. The summed E-state index contributed by atoms with van der Waals surface area (Å²) in [7, 11) is 0. The highest BCUT2D eigenvalue weighted by Gasteiger charge is 2.22. The van der Waals surface area contributed by atoms with Crippen molar-refractivity contribution in [2.75, 3.05) is 16.8 Å². The van der Waals surface area contributed by atoms with Gasteiger partial charge in [-0.2, -0.15) is 0 Å². The zero-order valence-electron chi connectivity index (χ0n) is 15.3. The highest BCUT2D eigenvalue weighted by molar-refractivity contribution is 6.01. The minimum atomic E-state index is -0.900. The Bertz CT molecular complexity index is 791. The second kappa shape index (κ2) is 7.64. The van der Waals surface area contributed by atoms with E-state index in [-0.39, 0.29) is 5.41 Å². The van der Waals surface area contributed by atoms with Crippen LogP contribution in [0, 0.1) is 11.6 Å². The van der Waals surface area contributed by atoms with Gasteiger partial charge in [-0.25, -0.2) is 8.78 Å². The molecule has 138 valence electrons. The van der Waals surface area contributed by atoms with Gasteiger partial charge < -0.3 is 5.32 Å². The van der Waals surface area contributed by atoms with Crippen molar-refractivity contribution in [3.8, 4) is 0 Å². The highest BCUT2D eigenvalue weighted by atomic mass is 19.1. The van der Waals surface area contributed by atoms with E-state index in [0.29, 0.717) is 5.69 Å². The number of benzene rings is 2. The van der Waals surface area contributed by atoms with Gasteiger partial charge in [-0.3, -0.25) is 14.5 Å². The molecule has 0 aliphatic heterocycles. The zero-order chi connectivity index (χ0) is 19.5. The Morgan fingerprint density at radius 2 is 1.54 bits per heavy atom. The first-order valence-electron chi connectivity index (χ1n) is 8.22. The number of nitrogens with zero attached hydrogens (tertiary/aromatic N) is 1. The maximum atomic E-state index is 13.9. The molecule has 4 nitrogen and oxygen atoms in total. The first kappa shape index (κ1) is 19.6. The number of amides is 2. The molecule has 0 bridgehead atoms.